The molecule has 3 N–H and O–H groups in total. The zero-order chi connectivity index (χ0) is 29.2. The van der Waals surface area contributed by atoms with Crippen LogP contribution >= 0.6 is 46.2 Å². The number of aromatic nitrogens is 3. The van der Waals surface area contributed by atoms with E-state index in [1.165, 1.54) is 39.8 Å². The second kappa shape index (κ2) is 12.3. The van der Waals surface area contributed by atoms with Gasteiger partial charge in [0, 0.05) is 16.9 Å². The van der Waals surface area contributed by atoms with Crippen molar-refractivity contribution in [1.82, 2.24) is 25.4 Å². The average Bonchev–Trinajstić information content (AvgIpc) is 3.50. The van der Waals surface area contributed by atoms with Crippen LogP contribution in [0.15, 0.2) is 27.1 Å². The Balaban J connectivity index is 1.44. The van der Waals surface area contributed by atoms with Gasteiger partial charge in [0.15, 0.2) is 9.47 Å². The summed E-state index contributed by atoms with van der Waals surface area (Å²) in [4.78, 5) is 56.2. The molecule has 2 aromatic rings. The Hall–Kier alpha value is -2.95. The minimum absolute atomic E-state index is 0.0466. The quantitative estimate of drug-likeness (QED) is 0.210. The molecule has 3 amide bonds. The molecule has 4 heterocycles. The molecule has 214 valence electrons. The Labute approximate surface area is 247 Å². The molecule has 0 bridgehead atoms. The third-order valence-electron chi connectivity index (χ3n) is 5.45. The number of nitrogens with zero attached hydrogens (tertiary/aromatic N) is 4. The highest BCUT2D eigenvalue weighted by Gasteiger charge is 2.54. The van der Waals surface area contributed by atoms with Gasteiger partial charge in [-0.1, -0.05) is 36.1 Å². The van der Waals surface area contributed by atoms with Crippen molar-refractivity contribution in [2.45, 2.75) is 62.4 Å². The summed E-state index contributed by atoms with van der Waals surface area (Å²) in [5, 5.41) is 25.4. The summed E-state index contributed by atoms with van der Waals surface area (Å²) >= 11 is 5.34. The Morgan fingerprint density at radius 3 is 2.67 bits per heavy atom. The topological polar surface area (TPSA) is 164 Å². The van der Waals surface area contributed by atoms with Gasteiger partial charge in [-0.3, -0.25) is 19.8 Å². The number of anilines is 1. The number of thiazole rings is 1. The van der Waals surface area contributed by atoms with Gasteiger partial charge >= 0.3 is 12.1 Å². The van der Waals surface area contributed by atoms with E-state index in [0.717, 1.165) is 20.7 Å². The highest BCUT2D eigenvalue weighted by molar-refractivity contribution is 8.01. The molecule has 1 fully saturated rings. The fraction of sp³-hybridized carbons (Fsp3) is 0.458. The number of carboxylic acid groups (broad SMARTS) is 1. The molecule has 12 nitrogen and oxygen atoms in total. The first-order chi connectivity index (χ1) is 18.9. The number of allylic oxidation sites excluding steroid dienone is 1. The van der Waals surface area contributed by atoms with Crippen LogP contribution in [0, 0.1) is 6.92 Å². The van der Waals surface area contributed by atoms with E-state index in [2.05, 4.69) is 25.8 Å². The number of carbonyl (C=O) groups excluding carboxylic acids is 3. The highest BCUT2D eigenvalue weighted by Crippen LogP contribution is 2.42. The lowest BCUT2D eigenvalue weighted by Crippen LogP contribution is -2.70. The number of nitrogens with one attached hydrogen (secondary N) is 2. The lowest BCUT2D eigenvalue weighted by molar-refractivity contribution is -0.150. The fourth-order valence-corrected chi connectivity index (χ4v) is 7.86. The van der Waals surface area contributed by atoms with E-state index in [1.807, 2.05) is 13.8 Å². The van der Waals surface area contributed by atoms with Gasteiger partial charge in [0.2, 0.25) is 0 Å². The van der Waals surface area contributed by atoms with E-state index < -0.39 is 40.9 Å². The van der Waals surface area contributed by atoms with Gasteiger partial charge in [0.1, 0.15) is 27.7 Å². The smallest absolute Gasteiger partial charge is 0.413 e. The molecule has 0 saturated carbocycles. The molecule has 2 aliphatic rings. The zero-order valence-corrected chi connectivity index (χ0v) is 25.6. The third kappa shape index (κ3) is 6.85. The lowest BCUT2D eigenvalue weighted by Gasteiger charge is -2.49. The summed E-state index contributed by atoms with van der Waals surface area (Å²) in [7, 11) is 0. The molecular weight excluding hydrogens is 597 g/mol. The summed E-state index contributed by atoms with van der Waals surface area (Å²) in [5.74, 6) is -1.42. The van der Waals surface area contributed by atoms with Gasteiger partial charge < -0.3 is 15.2 Å². The number of aryl methyl sites for hydroxylation is 1. The SMILES string of the molecule is CC/C=C(\C(=O)N[C@@H]1C(=O)N2C(C(=O)O)=C(CSc3nnc(C)s3)CS[C@H]12)c1csc(NC(=O)OC(C)(C)C)n1. The van der Waals surface area contributed by atoms with E-state index >= 15 is 0 Å². The van der Waals surface area contributed by atoms with E-state index in [1.54, 1.807) is 32.2 Å². The van der Waals surface area contributed by atoms with E-state index in [9.17, 15) is 24.3 Å². The number of hydrogen-bond acceptors (Lipinski definition) is 12. The number of aliphatic carboxylic acids is 1. The molecule has 2 aromatic heterocycles. The van der Waals surface area contributed by atoms with Gasteiger partial charge in [-0.05, 0) is 39.7 Å². The molecule has 4 rings (SSSR count). The Morgan fingerprint density at radius 1 is 1.30 bits per heavy atom. The Kier molecular flexibility index (Phi) is 9.22. The summed E-state index contributed by atoms with van der Waals surface area (Å²) in [6, 6.07) is -0.884. The van der Waals surface area contributed by atoms with Crippen LogP contribution in [-0.2, 0) is 19.1 Å². The number of carbonyl (C=O) groups is 4. The minimum Gasteiger partial charge on any atom is -0.477 e. The average molecular weight is 625 g/mol. The number of fused-ring (bicyclic) bond motifs is 1. The molecule has 0 aliphatic carbocycles. The molecule has 0 aromatic carbocycles. The maximum absolute atomic E-state index is 13.3. The summed E-state index contributed by atoms with van der Waals surface area (Å²) < 4.78 is 5.97. The van der Waals surface area contributed by atoms with Crippen LogP contribution in [0.5, 0.6) is 0 Å². The van der Waals surface area contributed by atoms with Crippen LogP contribution in [0.2, 0.25) is 0 Å². The van der Waals surface area contributed by atoms with Crippen molar-refractivity contribution >= 4 is 80.8 Å². The van der Waals surface area contributed by atoms with Gasteiger partial charge in [-0.15, -0.1) is 33.3 Å². The number of thioether (sulfide) groups is 2. The van der Waals surface area contributed by atoms with Crippen molar-refractivity contribution < 1.29 is 29.0 Å². The molecule has 0 radical (unpaired) electrons. The van der Waals surface area contributed by atoms with E-state index in [-0.39, 0.29) is 16.4 Å². The summed E-state index contributed by atoms with van der Waals surface area (Å²) in [5.41, 5.74) is 0.484. The largest absolute Gasteiger partial charge is 0.477 e. The fourth-order valence-electron chi connectivity index (χ4n) is 3.86. The number of β-lactam (4-membered cyclic amide) rings is 1. The number of ether oxygens (including phenoxy) is 1. The van der Waals surface area contributed by atoms with Crippen LogP contribution in [0.3, 0.4) is 0 Å². The molecule has 16 heteroatoms. The molecule has 0 unspecified atom stereocenters. The Morgan fingerprint density at radius 2 is 2.05 bits per heavy atom. The molecule has 40 heavy (non-hydrogen) atoms. The second-order valence-electron chi connectivity index (χ2n) is 9.68. The van der Waals surface area contributed by atoms with Crippen LogP contribution in [0.1, 0.15) is 44.8 Å². The van der Waals surface area contributed by atoms with Gasteiger partial charge in [-0.25, -0.2) is 14.6 Å². The van der Waals surface area contributed by atoms with E-state index in [0.29, 0.717) is 29.2 Å². The maximum atomic E-state index is 13.3. The molecule has 1 saturated heterocycles. The second-order valence-corrected chi connectivity index (χ2v) is 14.1. The highest BCUT2D eigenvalue weighted by atomic mass is 32.2. The van der Waals surface area contributed by atoms with Crippen LogP contribution in [0.4, 0.5) is 9.93 Å². The molecule has 0 spiro atoms. The number of amides is 3. The van der Waals surface area contributed by atoms with Gasteiger partial charge in [-0.2, -0.15) is 0 Å². The van der Waals surface area contributed by atoms with Crippen molar-refractivity contribution in [3.05, 3.63) is 33.4 Å². The van der Waals surface area contributed by atoms with E-state index in [4.69, 9.17) is 4.74 Å². The predicted octanol–water partition coefficient (Wildman–Crippen LogP) is 3.97. The van der Waals surface area contributed by atoms with Gasteiger partial charge in [0.25, 0.3) is 11.8 Å². The monoisotopic (exact) mass is 624 g/mol. The standard InChI is InChI=1S/C24H28N6O6S4/c1-6-7-13(14-10-38-21(25-14)27-22(35)36-24(3,4)5)17(31)26-15-18(32)30-16(20(33)34)12(8-37-19(15)30)9-39-23-29-28-11(2)40-23/h7,10,15,19H,6,8-9H2,1-5H3,(H,26,31)(H,33,34)(H,25,27,35)/b13-7-/t15-,19-/m1/s1. The molecule has 2 aliphatic heterocycles. The number of carboxylic acids is 1. The first-order valence-electron chi connectivity index (χ1n) is 12.2. The van der Waals surface area contributed by atoms with Crippen molar-refractivity contribution in [2.75, 3.05) is 16.8 Å². The number of rotatable bonds is 9. The maximum Gasteiger partial charge on any atom is 0.413 e. The lowest BCUT2D eigenvalue weighted by atomic mass is 10.0. The number of hydrogen-bond donors (Lipinski definition) is 3. The van der Waals surface area contributed by atoms with Crippen molar-refractivity contribution in [2.24, 2.45) is 0 Å². The van der Waals surface area contributed by atoms with Crippen molar-refractivity contribution in [1.29, 1.82) is 0 Å². The zero-order valence-electron chi connectivity index (χ0n) is 22.3. The minimum atomic E-state index is -1.19. The summed E-state index contributed by atoms with van der Waals surface area (Å²) in [6.45, 7) is 8.94. The van der Waals surface area contributed by atoms with Crippen LogP contribution < -0.4 is 10.6 Å². The van der Waals surface area contributed by atoms with Crippen LogP contribution in [-0.4, -0.2) is 77.6 Å². The molecular formula is C24H28N6O6S4. The normalized spacial score (nSPS) is 19.2. The first kappa shape index (κ1) is 30.0. The van der Waals surface area contributed by atoms with Crippen molar-refractivity contribution in [3.63, 3.8) is 0 Å². The predicted molar refractivity (Wildman–Crippen MR) is 155 cm³/mol. The Bertz CT molecular complexity index is 1390. The molecule has 2 atom stereocenters. The van der Waals surface area contributed by atoms with Crippen molar-refractivity contribution in [3.8, 4) is 0 Å². The van der Waals surface area contributed by atoms with Crippen LogP contribution in [0.25, 0.3) is 5.57 Å². The third-order valence-corrected chi connectivity index (χ3v) is 9.61. The first-order valence-corrected chi connectivity index (χ1v) is 15.9. The van der Waals surface area contributed by atoms with Gasteiger partial charge in [0.05, 0.1) is 11.3 Å². The summed E-state index contributed by atoms with van der Waals surface area (Å²) in [6.07, 6.45) is 1.55.